The molecule has 0 aromatic heterocycles. The molecule has 0 radical (unpaired) electrons. The molecule has 1 aliphatic heterocycles. The van der Waals surface area contributed by atoms with Crippen LogP contribution in [-0.4, -0.2) is 32.0 Å². The third-order valence-corrected chi connectivity index (χ3v) is 7.68. The number of halogens is 2. The van der Waals surface area contributed by atoms with Crippen molar-refractivity contribution < 1.29 is 9.59 Å². The van der Waals surface area contributed by atoms with E-state index >= 15 is 0 Å². The van der Waals surface area contributed by atoms with E-state index in [9.17, 15) is 9.59 Å². The predicted octanol–water partition coefficient (Wildman–Crippen LogP) is 5.80. The maximum Gasteiger partial charge on any atom is 0.258 e. The van der Waals surface area contributed by atoms with Gasteiger partial charge in [-0.25, -0.2) is 0 Å². The zero-order valence-electron chi connectivity index (χ0n) is 19.0. The van der Waals surface area contributed by atoms with E-state index in [0.29, 0.717) is 21.2 Å². The molecule has 5 nitrogen and oxygen atoms in total. The second-order valence-electron chi connectivity index (χ2n) is 9.25. The highest BCUT2D eigenvalue weighted by Gasteiger charge is 2.45. The molecule has 0 spiro atoms. The molecular weight excluding hydrogens is 469 g/mol. The van der Waals surface area contributed by atoms with Gasteiger partial charge in [0.15, 0.2) is 0 Å². The zero-order valence-corrected chi connectivity index (χ0v) is 20.5. The maximum atomic E-state index is 13.4. The summed E-state index contributed by atoms with van der Waals surface area (Å²) in [5.41, 5.74) is 10.7. The highest BCUT2D eigenvalue weighted by atomic mass is 35.5. The fraction of sp³-hybridized carbons (Fsp3) is 0.259. The van der Waals surface area contributed by atoms with Gasteiger partial charge in [-0.1, -0.05) is 35.3 Å². The Morgan fingerprint density at radius 3 is 2.32 bits per heavy atom. The quantitative estimate of drug-likeness (QED) is 0.488. The van der Waals surface area contributed by atoms with Crippen LogP contribution < -0.4 is 15.5 Å². The van der Waals surface area contributed by atoms with Crippen molar-refractivity contribution in [2.24, 2.45) is 17.6 Å². The smallest absolute Gasteiger partial charge is 0.258 e. The summed E-state index contributed by atoms with van der Waals surface area (Å²) in [6.45, 7) is 3.84. The van der Waals surface area contributed by atoms with E-state index in [0.717, 1.165) is 53.0 Å². The van der Waals surface area contributed by atoms with E-state index in [-0.39, 0.29) is 5.91 Å². The molecule has 1 heterocycles. The lowest BCUT2D eigenvalue weighted by Crippen LogP contribution is -2.30. The average Bonchev–Trinajstić information content (AvgIpc) is 3.44. The van der Waals surface area contributed by atoms with Crippen molar-refractivity contribution >= 4 is 46.4 Å². The number of nitrogens with zero attached hydrogens (tertiary/aromatic N) is 2. The maximum absolute atomic E-state index is 13.4. The number of piperidine rings is 1. The first-order valence-electron chi connectivity index (χ1n) is 11.3. The number of primary amides is 1. The van der Waals surface area contributed by atoms with Gasteiger partial charge in [-0.05, 0) is 78.8 Å². The van der Waals surface area contributed by atoms with Crippen molar-refractivity contribution in [3.63, 3.8) is 0 Å². The standard InChI is InChI=1S/C27H25Cl2N3O2/c1-15-3-4-18(11-23(15)29)27(34)31(2)24-8-6-16(12-25(24)32-13-19-9-20(19)14-32)21-10-17(26(30)33)5-7-22(21)28/h3-8,10-12,19-20H,9,13-14H2,1-2H3,(H2,30,33). The molecule has 1 saturated carbocycles. The van der Waals surface area contributed by atoms with Gasteiger partial charge in [0.05, 0.1) is 11.4 Å². The van der Waals surface area contributed by atoms with Crippen LogP contribution in [0.5, 0.6) is 0 Å². The van der Waals surface area contributed by atoms with E-state index in [2.05, 4.69) is 11.0 Å². The molecule has 5 rings (SSSR count). The lowest BCUT2D eigenvalue weighted by atomic mass is 10.0. The van der Waals surface area contributed by atoms with E-state index in [4.69, 9.17) is 28.9 Å². The van der Waals surface area contributed by atoms with Crippen molar-refractivity contribution in [2.75, 3.05) is 29.9 Å². The van der Waals surface area contributed by atoms with E-state index in [1.807, 2.05) is 25.1 Å². The summed E-state index contributed by atoms with van der Waals surface area (Å²) in [7, 11) is 1.78. The lowest BCUT2D eigenvalue weighted by molar-refractivity contribution is 0.0988. The van der Waals surface area contributed by atoms with Crippen molar-refractivity contribution in [1.82, 2.24) is 0 Å². The van der Waals surface area contributed by atoms with Crippen LogP contribution in [0.4, 0.5) is 11.4 Å². The number of hydrogen-bond donors (Lipinski definition) is 1. The fourth-order valence-electron chi connectivity index (χ4n) is 4.75. The van der Waals surface area contributed by atoms with Crippen LogP contribution in [0, 0.1) is 18.8 Å². The number of benzene rings is 3. The highest BCUT2D eigenvalue weighted by Crippen LogP contribution is 2.48. The number of carbonyl (C=O) groups is 2. The van der Waals surface area contributed by atoms with Crippen LogP contribution in [0.15, 0.2) is 54.6 Å². The second-order valence-corrected chi connectivity index (χ2v) is 10.1. The zero-order chi connectivity index (χ0) is 24.1. The van der Waals surface area contributed by atoms with E-state index < -0.39 is 5.91 Å². The van der Waals surface area contributed by atoms with Gasteiger partial charge in [0.25, 0.3) is 5.91 Å². The van der Waals surface area contributed by atoms with E-state index in [1.165, 1.54) is 6.42 Å². The molecule has 2 N–H and O–H groups in total. The summed E-state index contributed by atoms with van der Waals surface area (Å²) < 4.78 is 0. The van der Waals surface area contributed by atoms with Crippen LogP contribution in [0.2, 0.25) is 10.0 Å². The summed E-state index contributed by atoms with van der Waals surface area (Å²) in [6, 6.07) is 16.3. The second kappa shape index (κ2) is 8.64. The molecule has 2 aliphatic rings. The molecule has 174 valence electrons. The van der Waals surface area contributed by atoms with Crippen molar-refractivity contribution in [3.8, 4) is 11.1 Å². The van der Waals surface area contributed by atoms with E-state index in [1.54, 1.807) is 42.3 Å². The summed E-state index contributed by atoms with van der Waals surface area (Å²) >= 11 is 12.8. The summed E-state index contributed by atoms with van der Waals surface area (Å²) in [4.78, 5) is 29.1. The van der Waals surface area contributed by atoms with Gasteiger partial charge >= 0.3 is 0 Å². The van der Waals surface area contributed by atoms with Crippen LogP contribution in [-0.2, 0) is 0 Å². The molecule has 2 unspecified atom stereocenters. The number of carbonyl (C=O) groups excluding carboxylic acids is 2. The first kappa shape index (κ1) is 22.8. The molecule has 34 heavy (non-hydrogen) atoms. The van der Waals surface area contributed by atoms with Crippen molar-refractivity contribution in [2.45, 2.75) is 13.3 Å². The fourth-order valence-corrected chi connectivity index (χ4v) is 5.16. The molecule has 2 amide bonds. The average molecular weight is 494 g/mol. The Bertz CT molecular complexity index is 1310. The number of nitrogens with two attached hydrogens (primary N) is 1. The Kier molecular flexibility index (Phi) is 5.78. The number of aryl methyl sites for hydroxylation is 1. The van der Waals surface area contributed by atoms with Crippen LogP contribution >= 0.6 is 23.2 Å². The molecule has 1 aliphatic carbocycles. The molecule has 3 aromatic rings. The minimum absolute atomic E-state index is 0.131. The minimum atomic E-state index is -0.503. The Balaban J connectivity index is 1.56. The van der Waals surface area contributed by atoms with Crippen LogP contribution in [0.25, 0.3) is 11.1 Å². The largest absolute Gasteiger partial charge is 0.369 e. The summed E-state index contributed by atoms with van der Waals surface area (Å²) in [6.07, 6.45) is 1.27. The van der Waals surface area contributed by atoms with Crippen LogP contribution in [0.3, 0.4) is 0 Å². The molecule has 2 atom stereocenters. The Labute approximate surface area is 209 Å². The van der Waals surface area contributed by atoms with Crippen molar-refractivity contribution in [1.29, 1.82) is 0 Å². The molecule has 2 fully saturated rings. The van der Waals surface area contributed by atoms with Crippen molar-refractivity contribution in [3.05, 3.63) is 81.3 Å². The monoisotopic (exact) mass is 493 g/mol. The first-order valence-corrected chi connectivity index (χ1v) is 12.0. The van der Waals surface area contributed by atoms with Gasteiger partial charge in [-0.3, -0.25) is 9.59 Å². The summed E-state index contributed by atoms with van der Waals surface area (Å²) in [5.74, 6) is 0.802. The molecular formula is C27H25Cl2N3O2. The van der Waals surface area contributed by atoms with Gasteiger partial charge in [0.1, 0.15) is 0 Å². The predicted molar refractivity (Wildman–Crippen MR) is 138 cm³/mol. The third kappa shape index (κ3) is 4.15. The first-order chi connectivity index (χ1) is 16.2. The Morgan fingerprint density at radius 1 is 0.941 bits per heavy atom. The molecule has 1 saturated heterocycles. The summed E-state index contributed by atoms with van der Waals surface area (Å²) in [5, 5.41) is 1.10. The number of amides is 2. The number of anilines is 2. The Morgan fingerprint density at radius 2 is 1.65 bits per heavy atom. The Hall–Kier alpha value is -3.02. The molecule has 3 aromatic carbocycles. The molecule has 7 heteroatoms. The third-order valence-electron chi connectivity index (χ3n) is 6.94. The minimum Gasteiger partial charge on any atom is -0.369 e. The van der Waals surface area contributed by atoms with Gasteiger partial charge in [-0.2, -0.15) is 0 Å². The molecule has 0 bridgehead atoms. The van der Waals surface area contributed by atoms with Gasteiger partial charge < -0.3 is 15.5 Å². The lowest BCUT2D eigenvalue weighted by Gasteiger charge is -2.28. The van der Waals surface area contributed by atoms with Gasteiger partial charge in [-0.15, -0.1) is 0 Å². The topological polar surface area (TPSA) is 66.6 Å². The van der Waals surface area contributed by atoms with Gasteiger partial charge in [0, 0.05) is 46.9 Å². The highest BCUT2D eigenvalue weighted by molar-refractivity contribution is 6.33. The van der Waals surface area contributed by atoms with Crippen LogP contribution in [0.1, 0.15) is 32.7 Å². The van der Waals surface area contributed by atoms with Gasteiger partial charge in [0.2, 0.25) is 5.91 Å². The SMILES string of the molecule is Cc1ccc(C(=O)N(C)c2ccc(-c3cc(C(N)=O)ccc3Cl)cc2N2CC3CC3C2)cc1Cl. The normalized spacial score (nSPS) is 18.5. The number of rotatable bonds is 5. The number of hydrogen-bond acceptors (Lipinski definition) is 3. The number of fused-ring (bicyclic) bond motifs is 1.